The summed E-state index contributed by atoms with van der Waals surface area (Å²) in [5, 5.41) is 2.20. The number of nitrogens with one attached hydrogen (secondary N) is 1. The lowest BCUT2D eigenvalue weighted by Crippen LogP contribution is -2.26. The van der Waals surface area contributed by atoms with Gasteiger partial charge in [-0.05, 0) is 0 Å². The van der Waals surface area contributed by atoms with Crippen LogP contribution in [0.5, 0.6) is 0 Å². The van der Waals surface area contributed by atoms with Crippen LogP contribution in [0, 0.1) is 0 Å². The predicted octanol–water partition coefficient (Wildman–Crippen LogP) is -1.22. The molecule has 0 aromatic heterocycles. The van der Waals surface area contributed by atoms with E-state index >= 15 is 0 Å². The van der Waals surface area contributed by atoms with Crippen LogP contribution in [0.25, 0.3) is 0 Å². The Balaban J connectivity index is 3.91. The Morgan fingerprint density at radius 2 is 2.00 bits per heavy atom. The minimum absolute atomic E-state index is 0.427. The molecule has 0 aliphatic rings. The Morgan fingerprint density at radius 3 is 2.11 bits per heavy atom. The van der Waals surface area contributed by atoms with Crippen molar-refractivity contribution in [3.05, 3.63) is 0 Å². The number of sulfone groups is 1. The van der Waals surface area contributed by atoms with Crippen LogP contribution in [0.2, 0.25) is 0 Å². The molecule has 0 aliphatic heterocycles. The van der Waals surface area contributed by atoms with Crippen molar-refractivity contribution in [3.8, 4) is 0 Å². The molecule has 0 unspecified atom stereocenters. The molecule has 0 aliphatic carbocycles. The second kappa shape index (κ2) is 2.82. The summed E-state index contributed by atoms with van der Waals surface area (Å²) in [5.74, 6) is -0.902. The number of hydrogen-bond acceptors (Lipinski definition) is 3. The van der Waals surface area contributed by atoms with E-state index in [0.717, 1.165) is 6.26 Å². The van der Waals surface area contributed by atoms with Crippen molar-refractivity contribution in [2.45, 2.75) is 0 Å². The number of carbonyl (C=O) groups excluding carboxylic acids is 1. The quantitative estimate of drug-likeness (QED) is 0.538. The highest BCUT2D eigenvalue weighted by molar-refractivity contribution is 7.91. The van der Waals surface area contributed by atoms with Crippen LogP contribution in [0.4, 0.5) is 0 Å². The van der Waals surface area contributed by atoms with Crippen molar-refractivity contribution in [2.24, 2.45) is 0 Å². The molecule has 0 atom stereocenters. The van der Waals surface area contributed by atoms with Gasteiger partial charge in [0.15, 0.2) is 9.84 Å². The van der Waals surface area contributed by atoms with Crippen LogP contribution < -0.4 is 5.32 Å². The van der Waals surface area contributed by atoms with E-state index in [1.165, 1.54) is 7.05 Å². The van der Waals surface area contributed by atoms with Crippen LogP contribution >= 0.6 is 0 Å². The van der Waals surface area contributed by atoms with Crippen LogP contribution in [-0.2, 0) is 14.6 Å². The summed E-state index contributed by atoms with van der Waals surface area (Å²) in [4.78, 5) is 10.3. The molecule has 0 saturated heterocycles. The third kappa shape index (κ3) is 5.29. The minimum atomic E-state index is -3.15. The fraction of sp³-hybridized carbons (Fsp3) is 0.750. The van der Waals surface area contributed by atoms with Crippen molar-refractivity contribution in [1.82, 2.24) is 5.32 Å². The molecule has 0 heterocycles. The van der Waals surface area contributed by atoms with Crippen molar-refractivity contribution >= 4 is 15.7 Å². The summed E-state index contributed by atoms with van der Waals surface area (Å²) in [5.41, 5.74) is 0. The average molecular weight is 151 g/mol. The first-order valence-electron chi connectivity index (χ1n) is 2.34. The number of hydrogen-bond donors (Lipinski definition) is 1. The third-order valence-corrected chi connectivity index (χ3v) is 1.46. The van der Waals surface area contributed by atoms with E-state index in [9.17, 15) is 13.2 Å². The molecule has 54 valence electrons. The maximum atomic E-state index is 10.3. The zero-order valence-electron chi connectivity index (χ0n) is 5.34. The van der Waals surface area contributed by atoms with E-state index < -0.39 is 21.5 Å². The molecule has 0 bridgehead atoms. The molecule has 0 fully saturated rings. The molecule has 0 aromatic rings. The molecular weight excluding hydrogens is 142 g/mol. The van der Waals surface area contributed by atoms with Crippen molar-refractivity contribution < 1.29 is 13.2 Å². The summed E-state index contributed by atoms with van der Waals surface area (Å²) < 4.78 is 20.7. The van der Waals surface area contributed by atoms with Crippen LogP contribution in [0.3, 0.4) is 0 Å². The topological polar surface area (TPSA) is 63.2 Å². The Kier molecular flexibility index (Phi) is 2.64. The highest BCUT2D eigenvalue weighted by Gasteiger charge is 2.07. The van der Waals surface area contributed by atoms with Gasteiger partial charge in [0.05, 0.1) is 0 Å². The highest BCUT2D eigenvalue weighted by atomic mass is 32.2. The number of amides is 1. The minimum Gasteiger partial charge on any atom is -0.358 e. The first-order chi connectivity index (χ1) is 3.95. The van der Waals surface area contributed by atoms with Gasteiger partial charge >= 0.3 is 0 Å². The molecule has 0 radical (unpaired) electrons. The van der Waals surface area contributed by atoms with Gasteiger partial charge in [0.25, 0.3) is 0 Å². The van der Waals surface area contributed by atoms with E-state index in [1.807, 2.05) is 0 Å². The smallest absolute Gasteiger partial charge is 0.234 e. The van der Waals surface area contributed by atoms with E-state index in [-0.39, 0.29) is 0 Å². The van der Waals surface area contributed by atoms with Crippen molar-refractivity contribution in [1.29, 1.82) is 0 Å². The molecule has 0 rings (SSSR count). The lowest BCUT2D eigenvalue weighted by molar-refractivity contribution is -0.118. The molecule has 0 saturated carbocycles. The average Bonchev–Trinajstić information content (AvgIpc) is 1.62. The van der Waals surface area contributed by atoms with Crippen LogP contribution in [0.15, 0.2) is 0 Å². The second-order valence-electron chi connectivity index (χ2n) is 1.74. The standard InChI is InChI=1S/C4H9NO3S/c1-5-4(6)3-9(2,7)8/h3H2,1-2H3,(H,5,6). The van der Waals surface area contributed by atoms with Gasteiger partial charge in [0.1, 0.15) is 5.75 Å². The first kappa shape index (κ1) is 8.42. The molecule has 4 nitrogen and oxygen atoms in total. The van der Waals surface area contributed by atoms with Crippen LogP contribution in [-0.4, -0.2) is 33.4 Å². The van der Waals surface area contributed by atoms with E-state index in [4.69, 9.17) is 0 Å². The van der Waals surface area contributed by atoms with E-state index in [1.54, 1.807) is 0 Å². The molecule has 1 N–H and O–H groups in total. The van der Waals surface area contributed by atoms with E-state index in [0.29, 0.717) is 0 Å². The largest absolute Gasteiger partial charge is 0.358 e. The maximum absolute atomic E-state index is 10.3. The lowest BCUT2D eigenvalue weighted by atomic mass is 10.7. The summed E-state index contributed by atoms with van der Waals surface area (Å²) in [6, 6.07) is 0. The SMILES string of the molecule is CNC(=O)CS(C)(=O)=O. The van der Waals surface area contributed by atoms with Gasteiger partial charge < -0.3 is 5.32 Å². The van der Waals surface area contributed by atoms with Crippen LogP contribution in [0.1, 0.15) is 0 Å². The van der Waals surface area contributed by atoms with Gasteiger partial charge in [0.2, 0.25) is 5.91 Å². The fourth-order valence-corrected chi connectivity index (χ4v) is 0.931. The molecule has 1 amide bonds. The third-order valence-electron chi connectivity index (χ3n) is 0.672. The Hall–Kier alpha value is -0.580. The number of rotatable bonds is 2. The second-order valence-corrected chi connectivity index (χ2v) is 3.88. The summed E-state index contributed by atoms with van der Waals surface area (Å²) >= 11 is 0. The Bertz CT molecular complexity index is 194. The van der Waals surface area contributed by atoms with Crippen molar-refractivity contribution in [3.63, 3.8) is 0 Å². The Labute approximate surface area is 54.2 Å². The summed E-state index contributed by atoms with van der Waals surface area (Å²) in [6.45, 7) is 0. The van der Waals surface area contributed by atoms with Gasteiger partial charge in [0, 0.05) is 13.3 Å². The van der Waals surface area contributed by atoms with Gasteiger partial charge in [-0.15, -0.1) is 0 Å². The summed E-state index contributed by atoms with van der Waals surface area (Å²) in [6.07, 6.45) is 1.02. The van der Waals surface area contributed by atoms with Gasteiger partial charge in [-0.3, -0.25) is 4.79 Å². The zero-order valence-corrected chi connectivity index (χ0v) is 6.16. The molecule has 5 heteroatoms. The molecule has 9 heavy (non-hydrogen) atoms. The first-order valence-corrected chi connectivity index (χ1v) is 4.40. The normalized spacial score (nSPS) is 10.9. The van der Waals surface area contributed by atoms with Gasteiger partial charge in [-0.25, -0.2) is 8.42 Å². The summed E-state index contributed by atoms with van der Waals surface area (Å²) in [7, 11) is -1.75. The molecule has 0 aromatic carbocycles. The fourth-order valence-electron chi connectivity index (χ4n) is 0.310. The zero-order chi connectivity index (χ0) is 7.49. The highest BCUT2D eigenvalue weighted by Crippen LogP contribution is 1.79. The monoisotopic (exact) mass is 151 g/mol. The van der Waals surface area contributed by atoms with Gasteiger partial charge in [-0.2, -0.15) is 0 Å². The lowest BCUT2D eigenvalue weighted by Gasteiger charge is -1.94. The van der Waals surface area contributed by atoms with E-state index in [2.05, 4.69) is 5.32 Å². The molecule has 0 spiro atoms. The maximum Gasteiger partial charge on any atom is 0.234 e. The Morgan fingerprint density at radius 1 is 1.56 bits per heavy atom. The predicted molar refractivity (Wildman–Crippen MR) is 33.8 cm³/mol. The van der Waals surface area contributed by atoms with Crippen molar-refractivity contribution in [2.75, 3.05) is 19.1 Å². The number of carbonyl (C=O) groups is 1. The molecular formula is C4H9NO3S. The van der Waals surface area contributed by atoms with Gasteiger partial charge in [-0.1, -0.05) is 0 Å².